The summed E-state index contributed by atoms with van der Waals surface area (Å²) in [5.74, 6) is -0.139. The molecule has 1 heterocycles. The molecule has 4 rings (SSSR count). The molecule has 34 heavy (non-hydrogen) atoms. The highest BCUT2D eigenvalue weighted by molar-refractivity contribution is 5.28. The monoisotopic (exact) mass is 461 g/mol. The quantitative estimate of drug-likeness (QED) is 0.393. The average molecular weight is 462 g/mol. The van der Waals surface area contributed by atoms with Gasteiger partial charge in [0.15, 0.2) is 0 Å². The molecular weight excluding hydrogens is 425 g/mol. The second kappa shape index (κ2) is 13.4. The van der Waals surface area contributed by atoms with Gasteiger partial charge >= 0.3 is 0 Å². The van der Waals surface area contributed by atoms with Crippen LogP contribution in [0.25, 0.3) is 0 Å². The molecule has 2 N–H and O–H groups in total. The van der Waals surface area contributed by atoms with E-state index in [0.29, 0.717) is 19.2 Å². The van der Waals surface area contributed by atoms with E-state index in [0.717, 1.165) is 57.7 Å². The predicted molar refractivity (Wildman–Crippen MR) is 136 cm³/mol. The van der Waals surface area contributed by atoms with Crippen molar-refractivity contribution >= 4 is 0 Å². The first-order valence-electron chi connectivity index (χ1n) is 12.4. The van der Waals surface area contributed by atoms with Gasteiger partial charge in [-0.25, -0.2) is 4.39 Å². The van der Waals surface area contributed by atoms with E-state index in [1.54, 1.807) is 6.07 Å². The van der Waals surface area contributed by atoms with Crippen molar-refractivity contribution in [3.05, 3.63) is 107 Å². The minimum absolute atomic E-state index is 0.139. The molecule has 0 aliphatic carbocycles. The zero-order chi connectivity index (χ0) is 23.4. The maximum Gasteiger partial charge on any atom is 0.127 e. The fraction of sp³-hybridized carbons (Fsp3) is 0.379. The molecule has 0 aromatic heterocycles. The van der Waals surface area contributed by atoms with E-state index in [1.807, 2.05) is 12.1 Å². The van der Waals surface area contributed by atoms with Crippen LogP contribution in [0.1, 0.15) is 28.7 Å². The van der Waals surface area contributed by atoms with E-state index in [4.69, 9.17) is 4.74 Å². The van der Waals surface area contributed by atoms with Gasteiger partial charge in [0, 0.05) is 37.8 Å². The van der Waals surface area contributed by atoms with Gasteiger partial charge < -0.3 is 15.4 Å². The topological polar surface area (TPSA) is 36.5 Å². The standard InChI is InChI=1S/C29H36FN3O/c30-29-10-5-4-9-27(29)20-31-15-6-17-33-18-16-32-21-28(33)23-34-22-26-13-11-25(12-14-26)19-24-7-2-1-3-8-24/h1-5,7-14,28,31-32H,6,15-23H2/t28-/m0/s1. The summed E-state index contributed by atoms with van der Waals surface area (Å²) in [7, 11) is 0. The maximum absolute atomic E-state index is 13.7. The summed E-state index contributed by atoms with van der Waals surface area (Å²) >= 11 is 0. The van der Waals surface area contributed by atoms with E-state index >= 15 is 0 Å². The SMILES string of the molecule is Fc1ccccc1CNCCCN1CCNC[C@H]1COCc1ccc(Cc2ccccc2)cc1. The van der Waals surface area contributed by atoms with Gasteiger partial charge in [-0.15, -0.1) is 0 Å². The summed E-state index contributed by atoms with van der Waals surface area (Å²) in [5, 5.41) is 6.86. The summed E-state index contributed by atoms with van der Waals surface area (Å²) in [6, 6.07) is 26.7. The number of hydrogen-bond donors (Lipinski definition) is 2. The lowest BCUT2D eigenvalue weighted by atomic mass is 10.0. The van der Waals surface area contributed by atoms with Crippen LogP contribution in [-0.2, 0) is 24.3 Å². The first kappa shape index (κ1) is 24.6. The van der Waals surface area contributed by atoms with Crippen molar-refractivity contribution < 1.29 is 9.13 Å². The lowest BCUT2D eigenvalue weighted by Gasteiger charge is -2.36. The fourth-order valence-electron chi connectivity index (χ4n) is 4.43. The molecule has 5 heteroatoms. The molecule has 180 valence electrons. The van der Waals surface area contributed by atoms with Crippen LogP contribution in [-0.4, -0.2) is 50.3 Å². The van der Waals surface area contributed by atoms with Crippen LogP contribution in [0.15, 0.2) is 78.9 Å². The van der Waals surface area contributed by atoms with Crippen LogP contribution in [0.2, 0.25) is 0 Å². The third-order valence-corrected chi connectivity index (χ3v) is 6.40. The Labute approximate surface area is 203 Å². The Balaban J connectivity index is 1.15. The highest BCUT2D eigenvalue weighted by atomic mass is 19.1. The molecule has 0 saturated carbocycles. The largest absolute Gasteiger partial charge is 0.375 e. The molecule has 1 fully saturated rings. The molecule has 1 saturated heterocycles. The van der Waals surface area contributed by atoms with Gasteiger partial charge in [-0.05, 0) is 48.7 Å². The summed E-state index contributed by atoms with van der Waals surface area (Å²) in [6.07, 6.45) is 1.99. The van der Waals surface area contributed by atoms with Crippen LogP contribution in [0.5, 0.6) is 0 Å². The van der Waals surface area contributed by atoms with Crippen molar-refractivity contribution in [1.29, 1.82) is 0 Å². The third kappa shape index (κ3) is 7.74. The van der Waals surface area contributed by atoms with E-state index in [2.05, 4.69) is 70.1 Å². The highest BCUT2D eigenvalue weighted by Gasteiger charge is 2.21. The van der Waals surface area contributed by atoms with Gasteiger partial charge in [0.25, 0.3) is 0 Å². The summed E-state index contributed by atoms with van der Waals surface area (Å²) < 4.78 is 19.8. The predicted octanol–water partition coefficient (Wildman–Crippen LogP) is 4.39. The van der Waals surface area contributed by atoms with E-state index in [9.17, 15) is 4.39 Å². The second-order valence-electron chi connectivity index (χ2n) is 9.01. The Morgan fingerprint density at radius 1 is 0.912 bits per heavy atom. The van der Waals surface area contributed by atoms with Gasteiger partial charge in [-0.2, -0.15) is 0 Å². The van der Waals surface area contributed by atoms with Gasteiger partial charge in [0.2, 0.25) is 0 Å². The van der Waals surface area contributed by atoms with Crippen LogP contribution in [0.4, 0.5) is 4.39 Å². The number of hydrogen-bond acceptors (Lipinski definition) is 4. The van der Waals surface area contributed by atoms with Crippen molar-refractivity contribution in [2.24, 2.45) is 0 Å². The number of ether oxygens (including phenoxy) is 1. The molecule has 1 aliphatic heterocycles. The molecule has 0 spiro atoms. The lowest BCUT2D eigenvalue weighted by Crippen LogP contribution is -2.53. The van der Waals surface area contributed by atoms with E-state index in [-0.39, 0.29) is 5.82 Å². The Bertz CT molecular complexity index is 980. The zero-order valence-electron chi connectivity index (χ0n) is 19.9. The van der Waals surface area contributed by atoms with E-state index < -0.39 is 0 Å². The van der Waals surface area contributed by atoms with Crippen LogP contribution < -0.4 is 10.6 Å². The molecule has 3 aromatic rings. The molecule has 0 unspecified atom stereocenters. The van der Waals surface area contributed by atoms with Gasteiger partial charge in [-0.3, -0.25) is 4.90 Å². The number of halogens is 1. The molecule has 0 bridgehead atoms. The minimum Gasteiger partial charge on any atom is -0.375 e. The molecule has 3 aromatic carbocycles. The van der Waals surface area contributed by atoms with Crippen LogP contribution >= 0.6 is 0 Å². The first-order valence-corrected chi connectivity index (χ1v) is 12.4. The number of rotatable bonds is 12. The normalized spacial score (nSPS) is 16.6. The number of benzene rings is 3. The van der Waals surface area contributed by atoms with Crippen molar-refractivity contribution in [3.63, 3.8) is 0 Å². The minimum atomic E-state index is -0.139. The smallest absolute Gasteiger partial charge is 0.127 e. The summed E-state index contributed by atoms with van der Waals surface area (Å²) in [6.45, 7) is 6.85. The van der Waals surface area contributed by atoms with Crippen molar-refractivity contribution in [2.75, 3.05) is 39.3 Å². The Morgan fingerprint density at radius 2 is 1.65 bits per heavy atom. The van der Waals surface area contributed by atoms with Gasteiger partial charge in [0.05, 0.1) is 13.2 Å². The number of nitrogens with zero attached hydrogens (tertiary/aromatic N) is 1. The molecule has 1 aliphatic rings. The van der Waals surface area contributed by atoms with Crippen LogP contribution in [0, 0.1) is 5.82 Å². The maximum atomic E-state index is 13.7. The highest BCUT2D eigenvalue weighted by Crippen LogP contribution is 2.12. The molecule has 0 radical (unpaired) electrons. The van der Waals surface area contributed by atoms with Gasteiger partial charge in [0.1, 0.15) is 5.82 Å². The average Bonchev–Trinajstić information content (AvgIpc) is 2.87. The number of nitrogens with one attached hydrogen (secondary N) is 2. The molecular formula is C29H36FN3O. The van der Waals surface area contributed by atoms with Crippen LogP contribution in [0.3, 0.4) is 0 Å². The second-order valence-corrected chi connectivity index (χ2v) is 9.01. The summed E-state index contributed by atoms with van der Waals surface area (Å²) in [4.78, 5) is 2.52. The first-order chi connectivity index (χ1) is 16.8. The van der Waals surface area contributed by atoms with Crippen molar-refractivity contribution in [2.45, 2.75) is 32.0 Å². The van der Waals surface area contributed by atoms with Gasteiger partial charge in [-0.1, -0.05) is 72.8 Å². The Hall–Kier alpha value is -2.57. The molecule has 0 amide bonds. The third-order valence-electron chi connectivity index (χ3n) is 6.40. The zero-order valence-corrected chi connectivity index (χ0v) is 19.9. The Kier molecular flexibility index (Phi) is 9.64. The van der Waals surface area contributed by atoms with Crippen molar-refractivity contribution in [1.82, 2.24) is 15.5 Å². The summed E-state index contributed by atoms with van der Waals surface area (Å²) in [5.41, 5.74) is 4.59. The Morgan fingerprint density at radius 3 is 2.47 bits per heavy atom. The molecule has 1 atom stereocenters. The lowest BCUT2D eigenvalue weighted by molar-refractivity contribution is 0.0386. The fourth-order valence-corrected chi connectivity index (χ4v) is 4.43. The number of piperazine rings is 1. The molecule has 4 nitrogen and oxygen atoms in total. The van der Waals surface area contributed by atoms with Crippen molar-refractivity contribution in [3.8, 4) is 0 Å². The van der Waals surface area contributed by atoms with E-state index in [1.165, 1.54) is 22.8 Å².